The Kier molecular flexibility index (Phi) is 4.27. The van der Waals surface area contributed by atoms with Crippen molar-refractivity contribution in [2.24, 2.45) is 5.92 Å². The summed E-state index contributed by atoms with van der Waals surface area (Å²) in [6.45, 7) is 2.48. The molecule has 100 valence electrons. The molecule has 0 amide bonds. The molecule has 18 heavy (non-hydrogen) atoms. The number of carboxylic acids is 1. The van der Waals surface area contributed by atoms with Crippen LogP contribution in [0.25, 0.3) is 0 Å². The number of rotatable bonds is 3. The molecule has 0 bridgehead atoms. The Morgan fingerprint density at radius 3 is 2.33 bits per heavy atom. The maximum atomic E-state index is 12.6. The summed E-state index contributed by atoms with van der Waals surface area (Å²) in [5.74, 6) is -5.09. The van der Waals surface area contributed by atoms with Gasteiger partial charge in [-0.15, -0.1) is 0 Å². The lowest BCUT2D eigenvalue weighted by Gasteiger charge is -2.23. The minimum atomic E-state index is -4.56. The molecule has 0 aliphatic heterocycles. The second kappa shape index (κ2) is 5.18. The molecule has 0 fully saturated rings. The van der Waals surface area contributed by atoms with Crippen molar-refractivity contribution in [3.63, 3.8) is 0 Å². The van der Waals surface area contributed by atoms with Crippen LogP contribution in [-0.4, -0.2) is 17.3 Å². The van der Waals surface area contributed by atoms with Crippen molar-refractivity contribution in [3.8, 4) is 0 Å². The fourth-order valence-corrected chi connectivity index (χ4v) is 1.81. The molecule has 1 rings (SSSR count). The third kappa shape index (κ3) is 3.16. The summed E-state index contributed by atoms with van der Waals surface area (Å²) in [6.07, 6.45) is -4.56. The maximum absolute atomic E-state index is 12.6. The standard InChI is InChI=1S/C12H12ClF3O2/c1-6-5-8(3-4-9(6)13)10(11(17)18)7(2)12(14,15)16/h3-5,7,10H,1-2H3,(H,17,18)/t7-,10?/m1/s1. The molecule has 1 N–H and O–H groups in total. The lowest BCUT2D eigenvalue weighted by atomic mass is 9.86. The van der Waals surface area contributed by atoms with E-state index in [4.69, 9.17) is 16.7 Å². The summed E-state index contributed by atoms with van der Waals surface area (Å²) in [5.41, 5.74) is 0.656. The zero-order chi connectivity index (χ0) is 14.1. The highest BCUT2D eigenvalue weighted by Gasteiger charge is 2.45. The van der Waals surface area contributed by atoms with Crippen LogP contribution in [0.5, 0.6) is 0 Å². The van der Waals surface area contributed by atoms with Crippen LogP contribution in [0.3, 0.4) is 0 Å². The van der Waals surface area contributed by atoms with Crippen LogP contribution in [0.2, 0.25) is 5.02 Å². The predicted octanol–water partition coefficient (Wildman–Crippen LogP) is 4.02. The third-order valence-corrected chi connectivity index (χ3v) is 3.25. The number of halogens is 4. The van der Waals surface area contributed by atoms with E-state index >= 15 is 0 Å². The Hall–Kier alpha value is -1.23. The van der Waals surface area contributed by atoms with E-state index in [9.17, 15) is 18.0 Å². The van der Waals surface area contributed by atoms with Crippen LogP contribution in [-0.2, 0) is 4.79 Å². The van der Waals surface area contributed by atoms with Crippen LogP contribution in [0.15, 0.2) is 18.2 Å². The second-order valence-corrected chi connectivity index (χ2v) is 4.56. The van der Waals surface area contributed by atoms with Crippen molar-refractivity contribution in [1.29, 1.82) is 0 Å². The lowest BCUT2D eigenvalue weighted by molar-refractivity contribution is -0.183. The molecule has 1 aromatic carbocycles. The van der Waals surface area contributed by atoms with Gasteiger partial charge < -0.3 is 5.11 Å². The average molecular weight is 281 g/mol. The van der Waals surface area contributed by atoms with Crippen molar-refractivity contribution in [2.75, 3.05) is 0 Å². The van der Waals surface area contributed by atoms with Gasteiger partial charge in [0.1, 0.15) is 0 Å². The summed E-state index contributed by atoms with van der Waals surface area (Å²) in [4.78, 5) is 11.1. The molecule has 2 atom stereocenters. The number of alkyl halides is 3. The summed E-state index contributed by atoms with van der Waals surface area (Å²) in [7, 11) is 0. The number of aryl methyl sites for hydroxylation is 1. The largest absolute Gasteiger partial charge is 0.481 e. The topological polar surface area (TPSA) is 37.3 Å². The van der Waals surface area contributed by atoms with E-state index < -0.39 is 24.0 Å². The molecule has 0 aliphatic rings. The average Bonchev–Trinajstić information content (AvgIpc) is 2.21. The predicted molar refractivity (Wildman–Crippen MR) is 61.8 cm³/mol. The van der Waals surface area contributed by atoms with E-state index in [1.54, 1.807) is 6.92 Å². The van der Waals surface area contributed by atoms with Gasteiger partial charge in [0.15, 0.2) is 0 Å². The monoisotopic (exact) mass is 280 g/mol. The van der Waals surface area contributed by atoms with Crippen LogP contribution in [0.4, 0.5) is 13.2 Å². The first kappa shape index (κ1) is 14.8. The fourth-order valence-electron chi connectivity index (χ4n) is 1.70. The van der Waals surface area contributed by atoms with Gasteiger partial charge in [0.05, 0.1) is 11.8 Å². The van der Waals surface area contributed by atoms with E-state index in [-0.39, 0.29) is 5.56 Å². The summed E-state index contributed by atoms with van der Waals surface area (Å²) in [5, 5.41) is 9.38. The molecule has 2 nitrogen and oxygen atoms in total. The molecule has 6 heteroatoms. The fraction of sp³-hybridized carbons (Fsp3) is 0.417. The number of carbonyl (C=O) groups is 1. The lowest BCUT2D eigenvalue weighted by Crippen LogP contribution is -2.31. The Labute approximate surface area is 107 Å². The maximum Gasteiger partial charge on any atom is 0.392 e. The zero-order valence-electron chi connectivity index (χ0n) is 9.75. The number of hydrogen-bond acceptors (Lipinski definition) is 1. The Morgan fingerprint density at radius 2 is 1.94 bits per heavy atom. The number of carboxylic acid groups (broad SMARTS) is 1. The summed E-state index contributed by atoms with van der Waals surface area (Å²) >= 11 is 5.76. The van der Waals surface area contributed by atoms with Gasteiger partial charge >= 0.3 is 12.1 Å². The minimum absolute atomic E-state index is 0.106. The highest BCUT2D eigenvalue weighted by Crippen LogP contribution is 2.38. The van der Waals surface area contributed by atoms with Gasteiger partial charge in [0.25, 0.3) is 0 Å². The number of hydrogen-bond donors (Lipinski definition) is 1. The van der Waals surface area contributed by atoms with Gasteiger partial charge in [-0.2, -0.15) is 13.2 Å². The van der Waals surface area contributed by atoms with E-state index in [1.165, 1.54) is 18.2 Å². The first-order chi connectivity index (χ1) is 8.14. The smallest absolute Gasteiger partial charge is 0.392 e. The van der Waals surface area contributed by atoms with Crippen LogP contribution in [0.1, 0.15) is 24.0 Å². The third-order valence-electron chi connectivity index (χ3n) is 2.82. The van der Waals surface area contributed by atoms with Gasteiger partial charge in [0, 0.05) is 5.02 Å². The Bertz CT molecular complexity index is 457. The summed E-state index contributed by atoms with van der Waals surface area (Å²) < 4.78 is 37.9. The van der Waals surface area contributed by atoms with E-state index in [0.717, 1.165) is 6.92 Å². The normalized spacial score (nSPS) is 15.2. The molecular formula is C12H12ClF3O2. The van der Waals surface area contributed by atoms with Crippen molar-refractivity contribution in [2.45, 2.75) is 25.9 Å². The Morgan fingerprint density at radius 1 is 1.39 bits per heavy atom. The van der Waals surface area contributed by atoms with E-state index in [1.807, 2.05) is 0 Å². The van der Waals surface area contributed by atoms with Crippen molar-refractivity contribution in [1.82, 2.24) is 0 Å². The van der Waals surface area contributed by atoms with Crippen LogP contribution in [0, 0.1) is 12.8 Å². The van der Waals surface area contributed by atoms with Gasteiger partial charge in [0.2, 0.25) is 0 Å². The van der Waals surface area contributed by atoms with Crippen molar-refractivity contribution < 1.29 is 23.1 Å². The van der Waals surface area contributed by atoms with Gasteiger partial charge in [-0.25, -0.2) is 0 Å². The molecule has 1 unspecified atom stereocenters. The van der Waals surface area contributed by atoms with Gasteiger partial charge in [-0.1, -0.05) is 30.7 Å². The number of aliphatic carboxylic acids is 1. The SMILES string of the molecule is Cc1cc(C(C(=O)O)[C@@H](C)C(F)(F)F)ccc1Cl. The van der Waals surface area contributed by atoms with E-state index in [0.29, 0.717) is 10.6 Å². The zero-order valence-corrected chi connectivity index (χ0v) is 10.5. The molecule has 1 aromatic rings. The first-order valence-electron chi connectivity index (χ1n) is 5.20. The van der Waals surface area contributed by atoms with Gasteiger partial charge in [-0.05, 0) is 24.1 Å². The van der Waals surface area contributed by atoms with E-state index in [2.05, 4.69) is 0 Å². The second-order valence-electron chi connectivity index (χ2n) is 4.15. The molecule has 0 aliphatic carbocycles. The van der Waals surface area contributed by atoms with Crippen LogP contribution >= 0.6 is 11.6 Å². The minimum Gasteiger partial charge on any atom is -0.481 e. The highest BCUT2D eigenvalue weighted by molar-refractivity contribution is 6.31. The van der Waals surface area contributed by atoms with Crippen LogP contribution < -0.4 is 0 Å². The molecule has 0 heterocycles. The molecule has 0 saturated carbocycles. The van der Waals surface area contributed by atoms with Gasteiger partial charge in [-0.3, -0.25) is 4.79 Å². The highest BCUT2D eigenvalue weighted by atomic mass is 35.5. The van der Waals surface area contributed by atoms with Crippen molar-refractivity contribution in [3.05, 3.63) is 34.3 Å². The number of benzene rings is 1. The molecule has 0 radical (unpaired) electrons. The first-order valence-corrected chi connectivity index (χ1v) is 5.58. The summed E-state index contributed by atoms with van der Waals surface area (Å²) in [6, 6.07) is 4.10. The molecule has 0 aromatic heterocycles. The molecule has 0 spiro atoms. The quantitative estimate of drug-likeness (QED) is 0.908. The molecule has 0 saturated heterocycles. The van der Waals surface area contributed by atoms with Crippen molar-refractivity contribution >= 4 is 17.6 Å². The Balaban J connectivity index is 3.21. The molecular weight excluding hydrogens is 269 g/mol.